The van der Waals surface area contributed by atoms with Crippen LogP contribution in [0.25, 0.3) is 0 Å². The van der Waals surface area contributed by atoms with Gasteiger partial charge in [0.05, 0.1) is 16.8 Å². The maximum Gasteiger partial charge on any atom is 0.179 e. The van der Waals surface area contributed by atoms with Gasteiger partial charge in [-0.1, -0.05) is 12.1 Å². The predicted molar refractivity (Wildman–Crippen MR) is 76.6 cm³/mol. The minimum absolute atomic E-state index is 0.00107. The van der Waals surface area contributed by atoms with Gasteiger partial charge in [-0.15, -0.1) is 0 Å². The van der Waals surface area contributed by atoms with Gasteiger partial charge in [-0.3, -0.25) is 10.3 Å². The van der Waals surface area contributed by atoms with E-state index in [0.29, 0.717) is 25.1 Å². The molecule has 0 saturated carbocycles. The van der Waals surface area contributed by atoms with E-state index in [0.717, 1.165) is 6.54 Å². The van der Waals surface area contributed by atoms with Crippen molar-refractivity contribution in [3.05, 3.63) is 29.8 Å². The molecule has 4 N–H and O–H groups in total. The largest absolute Gasteiger partial charge is 0.392 e. The van der Waals surface area contributed by atoms with Crippen LogP contribution in [0.5, 0.6) is 0 Å². The number of sulfone groups is 1. The zero-order valence-electron chi connectivity index (χ0n) is 11.1. The molecule has 0 amide bonds. The molecule has 110 valence electrons. The number of likely N-dealkylation sites (tertiary alicyclic amines) is 1. The first-order valence-corrected chi connectivity index (χ1v) is 8.11. The highest BCUT2D eigenvalue weighted by Gasteiger charge is 2.23. The molecule has 1 fully saturated rings. The van der Waals surface area contributed by atoms with Gasteiger partial charge in [0.2, 0.25) is 0 Å². The lowest BCUT2D eigenvalue weighted by Gasteiger charge is -2.14. The average Bonchev–Trinajstić information content (AvgIpc) is 2.82. The van der Waals surface area contributed by atoms with E-state index < -0.39 is 9.84 Å². The first-order chi connectivity index (χ1) is 9.38. The van der Waals surface area contributed by atoms with Crippen LogP contribution in [0.1, 0.15) is 12.0 Å². The lowest BCUT2D eigenvalue weighted by atomic mass is 10.2. The van der Waals surface area contributed by atoms with Crippen LogP contribution >= 0.6 is 0 Å². The van der Waals surface area contributed by atoms with E-state index in [-0.39, 0.29) is 22.6 Å². The maximum atomic E-state index is 12.2. The van der Waals surface area contributed by atoms with Crippen molar-refractivity contribution in [1.29, 1.82) is 5.41 Å². The highest BCUT2D eigenvalue weighted by molar-refractivity contribution is 7.91. The Morgan fingerprint density at radius 2 is 2.25 bits per heavy atom. The molecule has 20 heavy (non-hydrogen) atoms. The van der Waals surface area contributed by atoms with Gasteiger partial charge < -0.3 is 10.8 Å². The molecule has 1 aliphatic heterocycles. The Bertz CT molecular complexity index is 601. The quantitative estimate of drug-likeness (QED) is 0.516. The predicted octanol–water partition coefficient (Wildman–Crippen LogP) is -0.189. The first kappa shape index (κ1) is 15.0. The summed E-state index contributed by atoms with van der Waals surface area (Å²) in [4.78, 5) is 2.13. The normalized spacial score (nSPS) is 20.1. The van der Waals surface area contributed by atoms with E-state index >= 15 is 0 Å². The first-order valence-electron chi connectivity index (χ1n) is 6.46. The smallest absolute Gasteiger partial charge is 0.179 e. The Morgan fingerprint density at radius 3 is 2.85 bits per heavy atom. The van der Waals surface area contributed by atoms with Crippen molar-refractivity contribution < 1.29 is 13.5 Å². The number of benzene rings is 1. The fourth-order valence-electron chi connectivity index (χ4n) is 2.24. The molecule has 1 atom stereocenters. The van der Waals surface area contributed by atoms with Crippen LogP contribution in [0.4, 0.5) is 0 Å². The van der Waals surface area contributed by atoms with Gasteiger partial charge in [0.15, 0.2) is 9.84 Å². The molecule has 6 nitrogen and oxygen atoms in total. The maximum absolute atomic E-state index is 12.2. The van der Waals surface area contributed by atoms with Gasteiger partial charge in [0, 0.05) is 25.2 Å². The minimum atomic E-state index is -3.40. The van der Waals surface area contributed by atoms with Crippen molar-refractivity contribution in [3.8, 4) is 0 Å². The van der Waals surface area contributed by atoms with Crippen molar-refractivity contribution in [3.63, 3.8) is 0 Å². The molecule has 7 heteroatoms. The number of nitrogens with two attached hydrogens (primary N) is 1. The third-order valence-electron chi connectivity index (χ3n) is 3.43. The van der Waals surface area contributed by atoms with Crippen LogP contribution < -0.4 is 5.73 Å². The molecule has 1 aromatic rings. The Balaban J connectivity index is 2.06. The third-order valence-corrected chi connectivity index (χ3v) is 5.12. The Labute approximate surface area is 118 Å². The van der Waals surface area contributed by atoms with E-state index in [1.54, 1.807) is 12.1 Å². The summed E-state index contributed by atoms with van der Waals surface area (Å²) in [6, 6.07) is 6.14. The number of nitrogen functional groups attached to an aromatic ring is 1. The molecule has 0 aliphatic carbocycles. The van der Waals surface area contributed by atoms with Crippen LogP contribution in [-0.2, 0) is 9.84 Å². The van der Waals surface area contributed by atoms with Crippen molar-refractivity contribution >= 4 is 15.7 Å². The van der Waals surface area contributed by atoms with E-state index in [4.69, 9.17) is 11.1 Å². The summed E-state index contributed by atoms with van der Waals surface area (Å²) in [6.07, 6.45) is 0.346. The van der Waals surface area contributed by atoms with Crippen LogP contribution in [0.3, 0.4) is 0 Å². The number of rotatable bonds is 5. The Morgan fingerprint density at radius 1 is 1.50 bits per heavy atom. The van der Waals surface area contributed by atoms with Gasteiger partial charge in [-0.25, -0.2) is 8.42 Å². The fourth-order valence-corrected chi connectivity index (χ4v) is 3.57. The molecule has 0 aromatic heterocycles. The molecular formula is C13H19N3O3S. The number of hydrogen-bond acceptors (Lipinski definition) is 5. The molecule has 0 bridgehead atoms. The molecule has 1 heterocycles. The Kier molecular flexibility index (Phi) is 4.42. The number of amidine groups is 1. The molecule has 1 saturated heterocycles. The topological polar surface area (TPSA) is 107 Å². The zero-order chi connectivity index (χ0) is 14.8. The van der Waals surface area contributed by atoms with Crippen LogP contribution in [0, 0.1) is 5.41 Å². The summed E-state index contributed by atoms with van der Waals surface area (Å²) in [5, 5.41) is 16.8. The van der Waals surface area contributed by atoms with Crippen molar-refractivity contribution in [2.45, 2.75) is 17.4 Å². The summed E-state index contributed by atoms with van der Waals surface area (Å²) in [6.45, 7) is 1.66. The standard InChI is InChI=1S/C13H19N3O3S/c14-13(15)10-2-1-3-12(8-10)20(18,19)7-6-16-5-4-11(17)9-16/h1-3,8,11,17H,4-7,9H2,(H3,14,15). The lowest BCUT2D eigenvalue weighted by molar-refractivity contribution is 0.178. The number of nitrogens with zero attached hydrogens (tertiary/aromatic N) is 1. The van der Waals surface area contributed by atoms with Crippen molar-refractivity contribution in [1.82, 2.24) is 4.90 Å². The minimum Gasteiger partial charge on any atom is -0.392 e. The van der Waals surface area contributed by atoms with Crippen LogP contribution in [-0.4, -0.2) is 55.8 Å². The second kappa shape index (κ2) is 5.90. The SMILES string of the molecule is N=C(N)c1cccc(S(=O)(=O)CCN2CCC(O)C2)c1. The van der Waals surface area contributed by atoms with Crippen LogP contribution in [0.2, 0.25) is 0 Å². The van der Waals surface area contributed by atoms with Gasteiger partial charge in [-0.05, 0) is 18.6 Å². The van der Waals surface area contributed by atoms with E-state index in [1.165, 1.54) is 12.1 Å². The summed E-state index contributed by atoms with van der Waals surface area (Å²) in [5.74, 6) is -0.147. The van der Waals surface area contributed by atoms with Crippen molar-refractivity contribution in [2.75, 3.05) is 25.4 Å². The highest BCUT2D eigenvalue weighted by Crippen LogP contribution is 2.15. The summed E-state index contributed by atoms with van der Waals surface area (Å²) in [5.41, 5.74) is 5.77. The van der Waals surface area contributed by atoms with E-state index in [1.807, 2.05) is 4.90 Å². The van der Waals surface area contributed by atoms with Gasteiger partial charge in [-0.2, -0.15) is 0 Å². The van der Waals surface area contributed by atoms with Gasteiger partial charge in [0.25, 0.3) is 0 Å². The number of hydrogen-bond donors (Lipinski definition) is 3. The number of β-amino-alcohol motifs (C(OH)–C–C–N with tert-alkyl or cyclic N) is 1. The lowest BCUT2D eigenvalue weighted by Crippen LogP contribution is -2.28. The third kappa shape index (κ3) is 3.56. The monoisotopic (exact) mass is 297 g/mol. The number of aliphatic hydroxyl groups is 1. The molecular weight excluding hydrogens is 278 g/mol. The summed E-state index contributed by atoms with van der Waals surface area (Å²) in [7, 11) is -3.40. The van der Waals surface area contributed by atoms with Crippen molar-refractivity contribution in [2.24, 2.45) is 5.73 Å². The molecule has 1 unspecified atom stereocenters. The number of aliphatic hydroxyl groups excluding tert-OH is 1. The molecule has 0 radical (unpaired) electrons. The number of nitrogens with one attached hydrogen (secondary N) is 1. The molecule has 0 spiro atoms. The second-order valence-electron chi connectivity index (χ2n) is 5.00. The summed E-state index contributed by atoms with van der Waals surface area (Å²) < 4.78 is 24.5. The summed E-state index contributed by atoms with van der Waals surface area (Å²) >= 11 is 0. The average molecular weight is 297 g/mol. The second-order valence-corrected chi connectivity index (χ2v) is 7.11. The zero-order valence-corrected chi connectivity index (χ0v) is 11.9. The van der Waals surface area contributed by atoms with Gasteiger partial charge >= 0.3 is 0 Å². The highest BCUT2D eigenvalue weighted by atomic mass is 32.2. The van der Waals surface area contributed by atoms with E-state index in [9.17, 15) is 13.5 Å². The fraction of sp³-hybridized carbons (Fsp3) is 0.462. The van der Waals surface area contributed by atoms with E-state index in [2.05, 4.69) is 0 Å². The molecule has 2 rings (SSSR count). The van der Waals surface area contributed by atoms with Crippen LogP contribution in [0.15, 0.2) is 29.2 Å². The van der Waals surface area contributed by atoms with Gasteiger partial charge in [0.1, 0.15) is 5.84 Å². The molecule has 1 aromatic carbocycles. The Hall–Kier alpha value is -1.44. The molecule has 1 aliphatic rings.